The fourth-order valence-electron chi connectivity index (χ4n) is 3.49. The maximum atomic E-state index is 12.8. The Labute approximate surface area is 142 Å². The summed E-state index contributed by atoms with van der Waals surface area (Å²) in [6.45, 7) is 6.37. The maximum Gasteiger partial charge on any atom is 0.241 e. The smallest absolute Gasteiger partial charge is 0.241 e. The second-order valence-corrected chi connectivity index (χ2v) is 6.52. The van der Waals surface area contributed by atoms with Gasteiger partial charge in [0, 0.05) is 32.7 Å². The number of piperazine rings is 2. The molecule has 2 atom stereocenters. The van der Waals surface area contributed by atoms with Crippen LogP contribution in [0.1, 0.15) is 24.0 Å². The molecule has 1 unspecified atom stereocenters. The fourth-order valence-corrected chi connectivity index (χ4v) is 3.49. The molecule has 3 rings (SSSR count). The molecule has 24 heavy (non-hydrogen) atoms. The molecule has 1 aromatic rings. The van der Waals surface area contributed by atoms with Crippen molar-refractivity contribution in [3.63, 3.8) is 0 Å². The van der Waals surface area contributed by atoms with Gasteiger partial charge in [-0.15, -0.1) is 0 Å². The molecule has 6 heteroatoms. The topological polar surface area (TPSA) is 74.4 Å². The Morgan fingerprint density at radius 3 is 2.54 bits per heavy atom. The first-order chi connectivity index (χ1) is 11.6. The Balaban J connectivity index is 1.65. The van der Waals surface area contributed by atoms with Crippen LogP contribution in [0.4, 0.5) is 0 Å². The van der Waals surface area contributed by atoms with Crippen LogP contribution in [0.15, 0.2) is 24.3 Å². The molecule has 2 saturated heterocycles. The number of hydrogen-bond donors (Lipinski definition) is 0. The summed E-state index contributed by atoms with van der Waals surface area (Å²) in [4.78, 5) is 18.6. The van der Waals surface area contributed by atoms with Gasteiger partial charge in [-0.2, -0.15) is 10.5 Å². The number of carbonyl (C=O) groups excluding carboxylic acids is 1. The molecule has 0 aliphatic carbocycles. The van der Waals surface area contributed by atoms with Gasteiger partial charge in [0.25, 0.3) is 0 Å². The molecule has 2 aliphatic heterocycles. The molecule has 0 radical (unpaired) electrons. The molecule has 2 heterocycles. The second kappa shape index (κ2) is 6.90. The van der Waals surface area contributed by atoms with E-state index in [1.54, 1.807) is 4.90 Å². The van der Waals surface area contributed by atoms with Gasteiger partial charge >= 0.3 is 0 Å². The Morgan fingerprint density at radius 2 is 1.88 bits per heavy atom. The fraction of sp³-hybridized carbons (Fsp3) is 0.500. The lowest BCUT2D eigenvalue weighted by Gasteiger charge is -2.45. The molecule has 0 aromatic heterocycles. The number of benzene rings is 1. The lowest BCUT2D eigenvalue weighted by Crippen LogP contribution is -2.64. The minimum atomic E-state index is -0.194. The van der Waals surface area contributed by atoms with E-state index in [-0.39, 0.29) is 17.9 Å². The van der Waals surface area contributed by atoms with Crippen LogP contribution in [0, 0.1) is 22.8 Å². The molecule has 1 amide bonds. The lowest BCUT2D eigenvalue weighted by atomic mass is 9.98. The number of carbonyl (C=O) groups is 1. The number of nitriles is 2. The summed E-state index contributed by atoms with van der Waals surface area (Å²) in [5.74, 6) is 0.339. The summed E-state index contributed by atoms with van der Waals surface area (Å²) in [5, 5.41) is 18.0. The molecular formula is C18H21N5O. The van der Waals surface area contributed by atoms with Crippen molar-refractivity contribution < 1.29 is 4.79 Å². The minimum absolute atomic E-state index is 0.127. The molecule has 0 bridgehead atoms. The maximum absolute atomic E-state index is 12.8. The summed E-state index contributed by atoms with van der Waals surface area (Å²) < 4.78 is 0. The third kappa shape index (κ3) is 3.20. The number of rotatable bonds is 3. The average Bonchev–Trinajstić information content (AvgIpc) is 2.63. The van der Waals surface area contributed by atoms with Gasteiger partial charge < -0.3 is 9.80 Å². The van der Waals surface area contributed by atoms with Crippen LogP contribution < -0.4 is 0 Å². The number of amides is 1. The van der Waals surface area contributed by atoms with E-state index in [4.69, 9.17) is 10.5 Å². The van der Waals surface area contributed by atoms with E-state index in [0.29, 0.717) is 25.2 Å². The Hall–Kier alpha value is -2.57. The van der Waals surface area contributed by atoms with Crippen molar-refractivity contribution in [1.82, 2.24) is 14.7 Å². The van der Waals surface area contributed by atoms with Crippen molar-refractivity contribution in [1.29, 1.82) is 10.5 Å². The van der Waals surface area contributed by atoms with E-state index in [1.807, 2.05) is 29.2 Å². The Kier molecular flexibility index (Phi) is 4.69. The summed E-state index contributed by atoms with van der Waals surface area (Å²) in [5.41, 5.74) is 1.78. The SMILES string of the molecule is CC(CN1CCN2CCN(C#N)C[C@@H]2C1=O)c1ccc(C#N)cc1. The minimum Gasteiger partial charge on any atom is -0.339 e. The summed E-state index contributed by atoms with van der Waals surface area (Å²) in [7, 11) is 0. The van der Waals surface area contributed by atoms with Gasteiger partial charge in [-0.1, -0.05) is 19.1 Å². The molecule has 1 aromatic carbocycles. The highest BCUT2D eigenvalue weighted by molar-refractivity contribution is 5.83. The largest absolute Gasteiger partial charge is 0.339 e. The molecule has 0 N–H and O–H groups in total. The highest BCUT2D eigenvalue weighted by Crippen LogP contribution is 2.22. The van der Waals surface area contributed by atoms with Crippen molar-refractivity contribution in [3.05, 3.63) is 35.4 Å². The molecule has 124 valence electrons. The van der Waals surface area contributed by atoms with Crippen molar-refractivity contribution in [2.24, 2.45) is 0 Å². The quantitative estimate of drug-likeness (QED) is 0.775. The van der Waals surface area contributed by atoms with Crippen molar-refractivity contribution >= 4 is 5.91 Å². The van der Waals surface area contributed by atoms with Gasteiger partial charge in [-0.3, -0.25) is 9.69 Å². The van der Waals surface area contributed by atoms with Crippen LogP contribution in [0.2, 0.25) is 0 Å². The van der Waals surface area contributed by atoms with Crippen LogP contribution in [-0.2, 0) is 4.79 Å². The molecule has 0 saturated carbocycles. The standard InChI is InChI=1S/C18H21N5O/c1-14(16-4-2-15(10-19)3-5-16)11-23-9-8-22-7-6-21(13-20)12-17(22)18(23)24/h2-5,14,17H,6-9,11-12H2,1H3/t14?,17-/m1/s1. The van der Waals surface area contributed by atoms with E-state index >= 15 is 0 Å². The predicted octanol–water partition coefficient (Wildman–Crippen LogP) is 0.971. The normalized spacial score (nSPS) is 22.5. The lowest BCUT2D eigenvalue weighted by molar-refractivity contribution is -0.144. The van der Waals surface area contributed by atoms with E-state index < -0.39 is 0 Å². The second-order valence-electron chi connectivity index (χ2n) is 6.52. The van der Waals surface area contributed by atoms with E-state index in [1.165, 1.54) is 0 Å². The summed E-state index contributed by atoms with van der Waals surface area (Å²) in [6, 6.07) is 9.48. The molecule has 2 aliphatic rings. The number of hydrogen-bond acceptors (Lipinski definition) is 5. The molecule has 0 spiro atoms. The van der Waals surface area contributed by atoms with Gasteiger partial charge in [0.05, 0.1) is 18.2 Å². The molecule has 2 fully saturated rings. The van der Waals surface area contributed by atoms with Crippen LogP contribution >= 0.6 is 0 Å². The average molecular weight is 323 g/mol. The van der Waals surface area contributed by atoms with Gasteiger partial charge in [-0.25, -0.2) is 0 Å². The zero-order valence-corrected chi connectivity index (χ0v) is 13.9. The zero-order valence-electron chi connectivity index (χ0n) is 13.9. The molecular weight excluding hydrogens is 302 g/mol. The number of nitrogens with zero attached hydrogens (tertiary/aromatic N) is 5. The summed E-state index contributed by atoms with van der Waals surface area (Å²) in [6.07, 6.45) is 2.16. The van der Waals surface area contributed by atoms with E-state index in [2.05, 4.69) is 24.1 Å². The predicted molar refractivity (Wildman–Crippen MR) is 88.7 cm³/mol. The first-order valence-corrected chi connectivity index (χ1v) is 8.30. The van der Waals surface area contributed by atoms with Crippen molar-refractivity contribution in [3.8, 4) is 12.3 Å². The molecule has 6 nitrogen and oxygen atoms in total. The van der Waals surface area contributed by atoms with Crippen LogP contribution in [-0.4, -0.2) is 65.9 Å². The third-order valence-electron chi connectivity index (χ3n) is 4.99. The van der Waals surface area contributed by atoms with Crippen LogP contribution in [0.3, 0.4) is 0 Å². The summed E-state index contributed by atoms with van der Waals surface area (Å²) >= 11 is 0. The van der Waals surface area contributed by atoms with Crippen molar-refractivity contribution in [2.45, 2.75) is 18.9 Å². The first-order valence-electron chi connectivity index (χ1n) is 8.30. The monoisotopic (exact) mass is 323 g/mol. The van der Waals surface area contributed by atoms with Gasteiger partial charge in [0.1, 0.15) is 6.04 Å². The highest BCUT2D eigenvalue weighted by atomic mass is 16.2. The Morgan fingerprint density at radius 1 is 1.17 bits per heavy atom. The van der Waals surface area contributed by atoms with Gasteiger partial charge in [0.2, 0.25) is 5.91 Å². The zero-order chi connectivity index (χ0) is 17.1. The first kappa shape index (κ1) is 16.3. The van der Waals surface area contributed by atoms with Crippen molar-refractivity contribution in [2.75, 3.05) is 39.3 Å². The van der Waals surface area contributed by atoms with E-state index in [0.717, 1.165) is 25.2 Å². The van der Waals surface area contributed by atoms with Gasteiger partial charge in [0.15, 0.2) is 6.19 Å². The van der Waals surface area contributed by atoms with Crippen LogP contribution in [0.5, 0.6) is 0 Å². The highest BCUT2D eigenvalue weighted by Gasteiger charge is 2.38. The van der Waals surface area contributed by atoms with E-state index in [9.17, 15) is 4.79 Å². The Bertz CT molecular complexity index is 687. The number of fused-ring (bicyclic) bond motifs is 1. The van der Waals surface area contributed by atoms with Crippen LogP contribution in [0.25, 0.3) is 0 Å². The third-order valence-corrected chi connectivity index (χ3v) is 4.99. The van der Waals surface area contributed by atoms with Gasteiger partial charge in [-0.05, 0) is 23.6 Å².